The standard InChI is InChI=1S/C26H24F3N3O4S.ClH/c1-34-22-16-18(6-9-21(22)35-15-14-31-11-2-3-12-31)32-13-10-20-23(25(32)33)37-24(30-20)17-4-7-19(8-5-17)36-26(27,28)29;/h4-10,13,16H,2-3,11-12,14-15H2,1H3;1H. The third-order valence-corrected chi connectivity index (χ3v) is 7.18. The van der Waals surface area contributed by atoms with Crippen molar-refractivity contribution in [2.75, 3.05) is 33.4 Å². The van der Waals surface area contributed by atoms with Crippen LogP contribution in [0.3, 0.4) is 0 Å². The van der Waals surface area contributed by atoms with Crippen molar-refractivity contribution in [2.24, 2.45) is 0 Å². The maximum absolute atomic E-state index is 13.3. The predicted octanol–water partition coefficient (Wildman–Crippen LogP) is 5.92. The average Bonchev–Trinajstić information content (AvgIpc) is 3.55. The Labute approximate surface area is 226 Å². The van der Waals surface area contributed by atoms with Crippen LogP contribution in [0.1, 0.15) is 12.8 Å². The molecule has 0 unspecified atom stereocenters. The Balaban J connectivity index is 0.00000336. The van der Waals surface area contributed by atoms with Crippen molar-refractivity contribution in [2.45, 2.75) is 19.2 Å². The first-order valence-corrected chi connectivity index (χ1v) is 12.5. The molecule has 0 aliphatic carbocycles. The Morgan fingerprint density at radius 2 is 1.76 bits per heavy atom. The fourth-order valence-electron chi connectivity index (χ4n) is 4.26. The van der Waals surface area contributed by atoms with E-state index in [1.165, 1.54) is 53.0 Å². The van der Waals surface area contributed by atoms with Gasteiger partial charge in [-0.15, -0.1) is 36.9 Å². The highest BCUT2D eigenvalue weighted by atomic mass is 35.5. The number of hydrogen-bond donors (Lipinski definition) is 0. The van der Waals surface area contributed by atoms with Crippen LogP contribution in [0.2, 0.25) is 0 Å². The van der Waals surface area contributed by atoms with E-state index >= 15 is 0 Å². The molecule has 0 saturated carbocycles. The molecule has 1 aliphatic rings. The van der Waals surface area contributed by atoms with Crippen molar-refractivity contribution in [3.63, 3.8) is 0 Å². The fraction of sp³-hybridized carbons (Fsp3) is 0.308. The average molecular weight is 568 g/mol. The van der Waals surface area contributed by atoms with E-state index in [-0.39, 0.29) is 23.7 Å². The van der Waals surface area contributed by atoms with Gasteiger partial charge in [-0.2, -0.15) is 0 Å². The molecule has 0 radical (unpaired) electrons. The molecule has 1 aliphatic heterocycles. The van der Waals surface area contributed by atoms with Gasteiger partial charge in [-0.05, 0) is 68.4 Å². The summed E-state index contributed by atoms with van der Waals surface area (Å²) in [6.45, 7) is 3.60. The lowest BCUT2D eigenvalue weighted by molar-refractivity contribution is -0.274. The number of fused-ring (bicyclic) bond motifs is 1. The second kappa shape index (κ2) is 11.6. The van der Waals surface area contributed by atoms with Gasteiger partial charge in [0.05, 0.1) is 18.3 Å². The number of pyridine rings is 1. The molecule has 12 heteroatoms. The summed E-state index contributed by atoms with van der Waals surface area (Å²) in [5.74, 6) is 0.812. The van der Waals surface area contributed by atoms with Gasteiger partial charge in [0.1, 0.15) is 22.1 Å². The van der Waals surface area contributed by atoms with Gasteiger partial charge in [-0.1, -0.05) is 0 Å². The number of alkyl halides is 3. The Bertz CT molecular complexity index is 1450. The van der Waals surface area contributed by atoms with E-state index in [0.717, 1.165) is 19.6 Å². The van der Waals surface area contributed by atoms with Gasteiger partial charge in [0, 0.05) is 24.4 Å². The van der Waals surface area contributed by atoms with Crippen molar-refractivity contribution >= 4 is 34.0 Å². The van der Waals surface area contributed by atoms with Gasteiger partial charge in [0.15, 0.2) is 11.5 Å². The molecule has 38 heavy (non-hydrogen) atoms. The zero-order valence-corrected chi connectivity index (χ0v) is 22.0. The summed E-state index contributed by atoms with van der Waals surface area (Å²) in [5, 5.41) is 0.516. The monoisotopic (exact) mass is 567 g/mol. The molecular formula is C26H25ClF3N3O4S. The minimum absolute atomic E-state index is 0. The van der Waals surface area contributed by atoms with E-state index < -0.39 is 6.36 Å². The summed E-state index contributed by atoms with van der Waals surface area (Å²) >= 11 is 1.17. The Kier molecular flexibility index (Phi) is 8.49. The molecular weight excluding hydrogens is 543 g/mol. The zero-order valence-electron chi connectivity index (χ0n) is 20.4. The molecule has 202 valence electrons. The fourth-order valence-corrected chi connectivity index (χ4v) is 5.26. The minimum Gasteiger partial charge on any atom is -0.493 e. The van der Waals surface area contributed by atoms with Gasteiger partial charge in [-0.25, -0.2) is 4.98 Å². The summed E-state index contributed by atoms with van der Waals surface area (Å²) in [4.78, 5) is 20.2. The lowest BCUT2D eigenvalue weighted by Crippen LogP contribution is -2.25. The van der Waals surface area contributed by atoms with Crippen LogP contribution in [0.4, 0.5) is 13.2 Å². The minimum atomic E-state index is -4.76. The number of ether oxygens (including phenoxy) is 3. The number of likely N-dealkylation sites (tertiary alicyclic amines) is 1. The molecule has 2 aromatic heterocycles. The van der Waals surface area contributed by atoms with Gasteiger partial charge in [0.25, 0.3) is 5.56 Å². The van der Waals surface area contributed by atoms with Gasteiger partial charge >= 0.3 is 6.36 Å². The Hall–Kier alpha value is -3.28. The van der Waals surface area contributed by atoms with Crippen LogP contribution in [-0.2, 0) is 0 Å². The first-order chi connectivity index (χ1) is 17.8. The maximum atomic E-state index is 13.3. The molecule has 5 rings (SSSR count). The van der Waals surface area contributed by atoms with E-state index in [1.807, 2.05) is 0 Å². The largest absolute Gasteiger partial charge is 0.573 e. The Morgan fingerprint density at radius 1 is 1.03 bits per heavy atom. The third-order valence-electron chi connectivity index (χ3n) is 6.07. The van der Waals surface area contributed by atoms with E-state index in [9.17, 15) is 18.0 Å². The third kappa shape index (κ3) is 6.23. The van der Waals surface area contributed by atoms with Crippen LogP contribution in [-0.4, -0.2) is 54.2 Å². The molecule has 0 atom stereocenters. The van der Waals surface area contributed by atoms with E-state index in [1.54, 1.807) is 37.6 Å². The number of nitrogens with zero attached hydrogens (tertiary/aromatic N) is 3. The highest BCUT2D eigenvalue weighted by Crippen LogP contribution is 2.32. The van der Waals surface area contributed by atoms with Crippen molar-refractivity contribution < 1.29 is 27.4 Å². The Morgan fingerprint density at radius 3 is 2.45 bits per heavy atom. The summed E-state index contributed by atoms with van der Waals surface area (Å²) in [6.07, 6.45) is -0.677. The van der Waals surface area contributed by atoms with Crippen LogP contribution in [0.15, 0.2) is 59.5 Å². The molecule has 1 fully saturated rings. The van der Waals surface area contributed by atoms with Gasteiger partial charge < -0.3 is 14.2 Å². The maximum Gasteiger partial charge on any atom is 0.573 e. The van der Waals surface area contributed by atoms with Crippen molar-refractivity contribution in [1.29, 1.82) is 0 Å². The lowest BCUT2D eigenvalue weighted by Gasteiger charge is -2.17. The van der Waals surface area contributed by atoms with Crippen LogP contribution < -0.4 is 19.8 Å². The topological polar surface area (TPSA) is 65.8 Å². The van der Waals surface area contributed by atoms with Crippen LogP contribution >= 0.6 is 23.7 Å². The van der Waals surface area contributed by atoms with E-state index in [4.69, 9.17) is 9.47 Å². The molecule has 1 saturated heterocycles. The van der Waals surface area contributed by atoms with Crippen LogP contribution in [0.5, 0.6) is 17.2 Å². The van der Waals surface area contributed by atoms with Gasteiger partial charge in [0.2, 0.25) is 0 Å². The van der Waals surface area contributed by atoms with Crippen molar-refractivity contribution in [3.05, 3.63) is 65.1 Å². The molecule has 0 N–H and O–H groups in total. The number of hydrogen-bond acceptors (Lipinski definition) is 7. The first kappa shape index (κ1) is 27.7. The van der Waals surface area contributed by atoms with Crippen molar-refractivity contribution in [1.82, 2.24) is 14.5 Å². The van der Waals surface area contributed by atoms with E-state index in [2.05, 4.69) is 14.6 Å². The summed E-state index contributed by atoms with van der Waals surface area (Å²) in [7, 11) is 1.55. The van der Waals surface area contributed by atoms with Crippen LogP contribution in [0.25, 0.3) is 26.5 Å². The van der Waals surface area contributed by atoms with E-state index in [0.29, 0.717) is 44.6 Å². The molecule has 3 heterocycles. The molecule has 2 aromatic carbocycles. The number of thiazole rings is 1. The number of halogens is 4. The molecule has 4 aromatic rings. The molecule has 0 spiro atoms. The predicted molar refractivity (Wildman–Crippen MR) is 142 cm³/mol. The summed E-state index contributed by atoms with van der Waals surface area (Å²) in [6, 6.07) is 12.4. The number of aromatic nitrogens is 2. The smallest absolute Gasteiger partial charge is 0.493 e. The number of rotatable bonds is 8. The second-order valence-electron chi connectivity index (χ2n) is 8.53. The molecule has 0 amide bonds. The lowest BCUT2D eigenvalue weighted by atomic mass is 10.2. The number of methoxy groups -OCH3 is 1. The highest BCUT2D eigenvalue weighted by Gasteiger charge is 2.31. The van der Waals surface area contributed by atoms with Crippen LogP contribution in [0, 0.1) is 0 Å². The SMILES string of the molecule is COc1cc(-n2ccc3nc(-c4ccc(OC(F)(F)F)cc4)sc3c2=O)ccc1OCCN1CCCC1.Cl. The quantitative estimate of drug-likeness (QED) is 0.263. The highest BCUT2D eigenvalue weighted by molar-refractivity contribution is 7.21. The zero-order chi connectivity index (χ0) is 26.0. The second-order valence-corrected chi connectivity index (χ2v) is 9.53. The summed E-state index contributed by atoms with van der Waals surface area (Å²) < 4.78 is 54.6. The normalized spacial score (nSPS) is 13.9. The number of benzene rings is 2. The van der Waals surface area contributed by atoms with Gasteiger partial charge in [-0.3, -0.25) is 14.3 Å². The van der Waals surface area contributed by atoms with Crippen molar-refractivity contribution in [3.8, 4) is 33.5 Å². The molecule has 7 nitrogen and oxygen atoms in total. The first-order valence-electron chi connectivity index (χ1n) is 11.7. The molecule has 0 bridgehead atoms. The summed E-state index contributed by atoms with van der Waals surface area (Å²) in [5.41, 5.74) is 1.44.